The fraction of sp³-hybridized carbons (Fsp3) is 0.556. The molecule has 0 aliphatic carbocycles. The van der Waals surface area contributed by atoms with Gasteiger partial charge in [-0.15, -0.1) is 5.73 Å². The monoisotopic (exact) mass is 308 g/mol. The number of aliphatic carboxylic acids is 1. The second-order valence-electron chi connectivity index (χ2n) is 4.90. The predicted octanol–water partition coefficient (Wildman–Crippen LogP) is 5.23. The van der Waals surface area contributed by atoms with Crippen molar-refractivity contribution in [2.75, 3.05) is 11.5 Å². The van der Waals surface area contributed by atoms with Gasteiger partial charge in [0.25, 0.3) is 0 Å². The maximum atomic E-state index is 10.6. The average molecular weight is 308 g/mol. The van der Waals surface area contributed by atoms with Crippen molar-refractivity contribution in [3.05, 3.63) is 42.2 Å². The van der Waals surface area contributed by atoms with E-state index in [2.05, 4.69) is 37.0 Å². The van der Waals surface area contributed by atoms with E-state index in [0.29, 0.717) is 6.42 Å². The van der Waals surface area contributed by atoms with E-state index in [4.69, 9.17) is 5.11 Å². The summed E-state index contributed by atoms with van der Waals surface area (Å²) in [6, 6.07) is 0. The van der Waals surface area contributed by atoms with Crippen LogP contribution in [-0.4, -0.2) is 22.6 Å². The Balaban J connectivity index is 3.51. The van der Waals surface area contributed by atoms with Crippen LogP contribution in [0.15, 0.2) is 42.2 Å². The first-order valence-electron chi connectivity index (χ1n) is 7.68. The quantitative estimate of drug-likeness (QED) is 0.304. The van der Waals surface area contributed by atoms with E-state index in [1.807, 2.05) is 23.9 Å². The van der Waals surface area contributed by atoms with Crippen LogP contribution in [0, 0.1) is 5.92 Å². The average Bonchev–Trinajstić information content (AvgIpc) is 2.47. The molecule has 0 bridgehead atoms. The Bertz CT molecular complexity index is 377. The van der Waals surface area contributed by atoms with Crippen LogP contribution in [0.2, 0.25) is 0 Å². The van der Waals surface area contributed by atoms with E-state index in [1.165, 1.54) is 12.8 Å². The lowest BCUT2D eigenvalue weighted by Gasteiger charge is -2.00. The van der Waals surface area contributed by atoms with E-state index in [-0.39, 0.29) is 5.92 Å². The van der Waals surface area contributed by atoms with Crippen LogP contribution in [0.3, 0.4) is 0 Å². The lowest BCUT2D eigenvalue weighted by molar-refractivity contribution is -0.141. The Kier molecular flexibility index (Phi) is 14.4. The summed E-state index contributed by atoms with van der Waals surface area (Å²) < 4.78 is 0. The molecule has 0 aromatic rings. The maximum Gasteiger partial charge on any atom is 0.306 e. The first kappa shape index (κ1) is 19.8. The molecular weight excluding hydrogens is 280 g/mol. The molecule has 21 heavy (non-hydrogen) atoms. The topological polar surface area (TPSA) is 37.3 Å². The number of carboxylic acid groups (broad SMARTS) is 1. The zero-order valence-corrected chi connectivity index (χ0v) is 14.1. The molecule has 2 nitrogen and oxygen atoms in total. The lowest BCUT2D eigenvalue weighted by atomic mass is 10.1. The van der Waals surface area contributed by atoms with Gasteiger partial charge < -0.3 is 5.11 Å². The molecule has 1 N–H and O–H groups in total. The molecule has 0 radical (unpaired) electrons. The molecule has 0 aliphatic rings. The second kappa shape index (κ2) is 15.2. The standard InChI is InChI=1S/C18H28O2S/c1-3-4-5-6-7-9-12-15-21-16-13-10-8-11-14-17(2)18(19)20/h5-6,8-9,12-13,17H,3-4,7,11,14-16H2,1-2H3,(H,19,20)/b6-5-,12-9-. The van der Waals surface area contributed by atoms with Gasteiger partial charge in [0.1, 0.15) is 0 Å². The van der Waals surface area contributed by atoms with Crippen molar-refractivity contribution in [1.29, 1.82) is 0 Å². The SMILES string of the molecule is CCC/C=C\C/C=C\CSCC=C=CCCC(C)C(=O)O. The smallest absolute Gasteiger partial charge is 0.306 e. The maximum absolute atomic E-state index is 10.6. The van der Waals surface area contributed by atoms with Crippen molar-refractivity contribution in [3.8, 4) is 0 Å². The van der Waals surface area contributed by atoms with Crippen molar-refractivity contribution < 1.29 is 9.90 Å². The largest absolute Gasteiger partial charge is 0.481 e. The molecule has 0 aromatic heterocycles. The van der Waals surface area contributed by atoms with Crippen LogP contribution in [0.1, 0.15) is 46.0 Å². The summed E-state index contributed by atoms with van der Waals surface area (Å²) in [6.07, 6.45) is 17.6. The highest BCUT2D eigenvalue weighted by atomic mass is 32.2. The molecule has 0 saturated heterocycles. The minimum absolute atomic E-state index is 0.270. The number of hydrogen-bond acceptors (Lipinski definition) is 2. The fourth-order valence-corrected chi connectivity index (χ4v) is 2.11. The molecule has 0 spiro atoms. The minimum atomic E-state index is -0.723. The van der Waals surface area contributed by atoms with Crippen LogP contribution in [0.5, 0.6) is 0 Å². The van der Waals surface area contributed by atoms with Crippen molar-refractivity contribution >= 4 is 17.7 Å². The fourth-order valence-electron chi connectivity index (χ4n) is 1.49. The molecule has 3 heteroatoms. The Hall–Kier alpha value is -1.18. The molecule has 0 amide bonds. The third-order valence-corrected chi connectivity index (χ3v) is 3.71. The summed E-state index contributed by atoms with van der Waals surface area (Å²) in [5.41, 5.74) is 3.11. The van der Waals surface area contributed by atoms with Crippen LogP contribution in [0.4, 0.5) is 0 Å². The molecular formula is C18H28O2S. The van der Waals surface area contributed by atoms with Gasteiger partial charge in [-0.25, -0.2) is 0 Å². The third-order valence-electron chi connectivity index (χ3n) is 2.88. The first-order chi connectivity index (χ1) is 10.2. The lowest BCUT2D eigenvalue weighted by Crippen LogP contribution is -2.08. The van der Waals surface area contributed by atoms with Gasteiger partial charge in [0.2, 0.25) is 0 Å². The van der Waals surface area contributed by atoms with E-state index in [9.17, 15) is 4.79 Å². The van der Waals surface area contributed by atoms with Crippen LogP contribution < -0.4 is 0 Å². The van der Waals surface area contributed by atoms with Gasteiger partial charge in [-0.2, -0.15) is 11.8 Å². The zero-order chi connectivity index (χ0) is 15.8. The highest BCUT2D eigenvalue weighted by molar-refractivity contribution is 7.99. The number of carbonyl (C=O) groups is 1. The van der Waals surface area contributed by atoms with Gasteiger partial charge in [-0.3, -0.25) is 4.79 Å². The highest BCUT2D eigenvalue weighted by Gasteiger charge is 2.08. The van der Waals surface area contributed by atoms with E-state index in [0.717, 1.165) is 24.3 Å². The number of thioether (sulfide) groups is 1. The molecule has 118 valence electrons. The summed E-state index contributed by atoms with van der Waals surface area (Å²) in [6.45, 7) is 3.92. The summed E-state index contributed by atoms with van der Waals surface area (Å²) >= 11 is 1.85. The van der Waals surface area contributed by atoms with Gasteiger partial charge in [-0.1, -0.05) is 44.6 Å². The Morgan fingerprint density at radius 2 is 1.90 bits per heavy atom. The summed E-state index contributed by atoms with van der Waals surface area (Å²) in [7, 11) is 0. The normalized spacial score (nSPS) is 12.5. The summed E-state index contributed by atoms with van der Waals surface area (Å²) in [5, 5.41) is 8.73. The van der Waals surface area contributed by atoms with Crippen molar-refractivity contribution in [2.24, 2.45) is 5.92 Å². The van der Waals surface area contributed by atoms with Gasteiger partial charge in [0.15, 0.2) is 0 Å². The molecule has 0 heterocycles. The summed E-state index contributed by atoms with van der Waals surface area (Å²) in [5.74, 6) is 0.977. The number of hydrogen-bond donors (Lipinski definition) is 1. The summed E-state index contributed by atoms with van der Waals surface area (Å²) in [4.78, 5) is 10.6. The number of allylic oxidation sites excluding steroid dienone is 3. The van der Waals surface area contributed by atoms with Crippen molar-refractivity contribution in [2.45, 2.75) is 46.0 Å². The first-order valence-corrected chi connectivity index (χ1v) is 8.83. The Labute approximate surface area is 133 Å². The Morgan fingerprint density at radius 3 is 2.62 bits per heavy atom. The van der Waals surface area contributed by atoms with Gasteiger partial charge in [0, 0.05) is 11.5 Å². The molecule has 0 fully saturated rings. The molecule has 0 rings (SSSR count). The molecule has 0 aliphatic heterocycles. The highest BCUT2D eigenvalue weighted by Crippen LogP contribution is 2.05. The minimum Gasteiger partial charge on any atom is -0.481 e. The van der Waals surface area contributed by atoms with Gasteiger partial charge in [-0.05, 0) is 37.8 Å². The van der Waals surface area contributed by atoms with E-state index < -0.39 is 5.97 Å². The molecule has 0 aromatic carbocycles. The Morgan fingerprint density at radius 1 is 1.14 bits per heavy atom. The van der Waals surface area contributed by atoms with E-state index in [1.54, 1.807) is 6.92 Å². The van der Waals surface area contributed by atoms with Crippen LogP contribution in [0.25, 0.3) is 0 Å². The zero-order valence-electron chi connectivity index (χ0n) is 13.3. The molecule has 1 atom stereocenters. The third kappa shape index (κ3) is 15.0. The van der Waals surface area contributed by atoms with Crippen LogP contribution in [-0.2, 0) is 4.79 Å². The van der Waals surface area contributed by atoms with Crippen molar-refractivity contribution in [3.63, 3.8) is 0 Å². The number of rotatable bonds is 12. The second-order valence-corrected chi connectivity index (χ2v) is 5.97. The van der Waals surface area contributed by atoms with E-state index >= 15 is 0 Å². The number of unbranched alkanes of at least 4 members (excludes halogenated alkanes) is 1. The predicted molar refractivity (Wildman–Crippen MR) is 93.8 cm³/mol. The van der Waals surface area contributed by atoms with Gasteiger partial charge >= 0.3 is 5.97 Å². The number of carboxylic acids is 1. The molecule has 0 saturated carbocycles. The molecule has 1 unspecified atom stereocenters. The van der Waals surface area contributed by atoms with Gasteiger partial charge in [0.05, 0.1) is 5.92 Å². The van der Waals surface area contributed by atoms with Crippen molar-refractivity contribution in [1.82, 2.24) is 0 Å². The van der Waals surface area contributed by atoms with Crippen LogP contribution >= 0.6 is 11.8 Å².